The third-order valence-corrected chi connectivity index (χ3v) is 3.58. The van der Waals surface area contributed by atoms with Crippen molar-refractivity contribution in [3.63, 3.8) is 0 Å². The normalized spacial score (nSPS) is 16.5. The first-order chi connectivity index (χ1) is 8.29. The zero-order chi connectivity index (χ0) is 12.1. The molecule has 0 aromatic heterocycles. The molecule has 0 atom stereocenters. The minimum Gasteiger partial charge on any atom is -0.355 e. The van der Waals surface area contributed by atoms with Crippen LogP contribution >= 0.6 is 0 Å². The van der Waals surface area contributed by atoms with Gasteiger partial charge in [-0.05, 0) is 24.8 Å². The lowest BCUT2D eigenvalue weighted by atomic mass is 9.95. The molecule has 1 aliphatic carbocycles. The Bertz CT molecular complexity index is 368. The molecule has 1 aromatic carbocycles. The van der Waals surface area contributed by atoms with Crippen LogP contribution in [0.3, 0.4) is 0 Å². The predicted octanol–water partition coefficient (Wildman–Crippen LogP) is 3.02. The van der Waals surface area contributed by atoms with Gasteiger partial charge < -0.3 is 5.32 Å². The molecule has 17 heavy (non-hydrogen) atoms. The fourth-order valence-electron chi connectivity index (χ4n) is 2.28. The van der Waals surface area contributed by atoms with Gasteiger partial charge in [0.1, 0.15) is 0 Å². The van der Waals surface area contributed by atoms with Gasteiger partial charge >= 0.3 is 0 Å². The Morgan fingerprint density at radius 3 is 2.53 bits per heavy atom. The van der Waals surface area contributed by atoms with Crippen molar-refractivity contribution in [2.75, 3.05) is 6.54 Å². The smallest absolute Gasteiger partial charge is 0.230 e. The van der Waals surface area contributed by atoms with Gasteiger partial charge in [0.25, 0.3) is 0 Å². The summed E-state index contributed by atoms with van der Waals surface area (Å²) in [7, 11) is 0. The summed E-state index contributed by atoms with van der Waals surface area (Å²) in [5.74, 6) is 0.222. The first-order valence-corrected chi connectivity index (χ1v) is 6.63. The summed E-state index contributed by atoms with van der Waals surface area (Å²) in [6.45, 7) is 3.00. The number of amides is 1. The SMILES string of the molecule is CCCCCNC(=O)C1(c2ccccc2)CC1. The minimum absolute atomic E-state index is 0.201. The number of hydrogen-bond acceptors (Lipinski definition) is 1. The van der Waals surface area contributed by atoms with E-state index in [1.807, 2.05) is 18.2 Å². The fourth-order valence-corrected chi connectivity index (χ4v) is 2.28. The third-order valence-electron chi connectivity index (χ3n) is 3.58. The molecule has 1 amide bonds. The van der Waals surface area contributed by atoms with Crippen molar-refractivity contribution in [2.24, 2.45) is 0 Å². The molecule has 0 bridgehead atoms. The van der Waals surface area contributed by atoms with Gasteiger partial charge in [-0.15, -0.1) is 0 Å². The van der Waals surface area contributed by atoms with Crippen molar-refractivity contribution in [3.05, 3.63) is 35.9 Å². The lowest BCUT2D eigenvalue weighted by Crippen LogP contribution is -2.35. The molecular weight excluding hydrogens is 210 g/mol. The molecule has 0 aliphatic heterocycles. The maximum Gasteiger partial charge on any atom is 0.230 e. The Morgan fingerprint density at radius 2 is 1.94 bits per heavy atom. The molecule has 0 saturated heterocycles. The van der Waals surface area contributed by atoms with Crippen LogP contribution in [0.1, 0.15) is 44.6 Å². The van der Waals surface area contributed by atoms with E-state index in [2.05, 4.69) is 24.4 Å². The van der Waals surface area contributed by atoms with Crippen LogP contribution in [0.15, 0.2) is 30.3 Å². The van der Waals surface area contributed by atoms with E-state index in [1.54, 1.807) is 0 Å². The van der Waals surface area contributed by atoms with Crippen molar-refractivity contribution in [1.82, 2.24) is 5.32 Å². The Morgan fingerprint density at radius 1 is 1.24 bits per heavy atom. The van der Waals surface area contributed by atoms with E-state index in [9.17, 15) is 4.79 Å². The van der Waals surface area contributed by atoms with Crippen LogP contribution in [0.5, 0.6) is 0 Å². The molecular formula is C15H21NO. The highest BCUT2D eigenvalue weighted by atomic mass is 16.2. The van der Waals surface area contributed by atoms with Gasteiger partial charge in [0.05, 0.1) is 5.41 Å². The van der Waals surface area contributed by atoms with E-state index in [-0.39, 0.29) is 11.3 Å². The van der Waals surface area contributed by atoms with Crippen LogP contribution in [0.4, 0.5) is 0 Å². The van der Waals surface area contributed by atoms with Crippen LogP contribution < -0.4 is 5.32 Å². The fraction of sp³-hybridized carbons (Fsp3) is 0.533. The van der Waals surface area contributed by atoms with Gasteiger partial charge in [-0.1, -0.05) is 50.1 Å². The molecule has 0 radical (unpaired) electrons. The molecule has 92 valence electrons. The van der Waals surface area contributed by atoms with Crippen molar-refractivity contribution in [1.29, 1.82) is 0 Å². The number of rotatable bonds is 6. The van der Waals surface area contributed by atoms with Gasteiger partial charge in [-0.2, -0.15) is 0 Å². The second-order valence-electron chi connectivity index (χ2n) is 4.91. The summed E-state index contributed by atoms with van der Waals surface area (Å²) >= 11 is 0. The maximum atomic E-state index is 12.2. The molecule has 0 unspecified atom stereocenters. The van der Waals surface area contributed by atoms with E-state index in [4.69, 9.17) is 0 Å². The highest BCUT2D eigenvalue weighted by molar-refractivity contribution is 5.91. The largest absolute Gasteiger partial charge is 0.355 e. The first-order valence-electron chi connectivity index (χ1n) is 6.63. The van der Waals surface area contributed by atoms with Crippen LogP contribution in [0.25, 0.3) is 0 Å². The second kappa shape index (κ2) is 5.35. The molecule has 2 nitrogen and oxygen atoms in total. The zero-order valence-electron chi connectivity index (χ0n) is 10.5. The van der Waals surface area contributed by atoms with Gasteiger partial charge in [-0.3, -0.25) is 4.79 Å². The molecule has 2 rings (SSSR count). The lowest BCUT2D eigenvalue weighted by molar-refractivity contribution is -0.123. The summed E-state index contributed by atoms with van der Waals surface area (Å²) in [6.07, 6.45) is 5.47. The Labute approximate surface area is 103 Å². The van der Waals surface area contributed by atoms with Crippen LogP contribution in [-0.2, 0) is 10.2 Å². The molecule has 1 aliphatic rings. The van der Waals surface area contributed by atoms with Crippen LogP contribution in [0.2, 0.25) is 0 Å². The predicted molar refractivity (Wildman–Crippen MR) is 69.9 cm³/mol. The molecule has 0 spiro atoms. The number of benzene rings is 1. The number of nitrogens with one attached hydrogen (secondary N) is 1. The summed E-state index contributed by atoms with van der Waals surface area (Å²) in [5, 5.41) is 3.08. The van der Waals surface area contributed by atoms with Crippen molar-refractivity contribution >= 4 is 5.91 Å². The molecule has 0 heterocycles. The Hall–Kier alpha value is -1.31. The van der Waals surface area contributed by atoms with Gasteiger partial charge in [-0.25, -0.2) is 0 Å². The van der Waals surface area contributed by atoms with Crippen molar-refractivity contribution in [2.45, 2.75) is 44.4 Å². The number of unbranched alkanes of at least 4 members (excludes halogenated alkanes) is 2. The number of carbonyl (C=O) groups excluding carboxylic acids is 1. The van der Waals surface area contributed by atoms with Crippen LogP contribution in [-0.4, -0.2) is 12.5 Å². The molecule has 1 saturated carbocycles. The highest BCUT2D eigenvalue weighted by Gasteiger charge is 2.50. The van der Waals surface area contributed by atoms with E-state index < -0.39 is 0 Å². The Balaban J connectivity index is 1.91. The highest BCUT2D eigenvalue weighted by Crippen LogP contribution is 2.48. The van der Waals surface area contributed by atoms with E-state index in [0.717, 1.165) is 25.8 Å². The minimum atomic E-state index is -0.201. The molecule has 1 fully saturated rings. The third kappa shape index (κ3) is 2.68. The standard InChI is InChI=1S/C15H21NO/c1-2-3-7-12-16-14(17)15(10-11-15)13-8-5-4-6-9-13/h4-6,8-9H,2-3,7,10-12H2,1H3,(H,16,17). The van der Waals surface area contributed by atoms with Gasteiger partial charge in [0.15, 0.2) is 0 Å². The topological polar surface area (TPSA) is 29.1 Å². The quantitative estimate of drug-likeness (QED) is 0.749. The Kier molecular flexibility index (Phi) is 3.82. The summed E-state index contributed by atoms with van der Waals surface area (Å²) in [4.78, 5) is 12.2. The van der Waals surface area contributed by atoms with Crippen LogP contribution in [0, 0.1) is 0 Å². The van der Waals surface area contributed by atoms with Gasteiger partial charge in [0, 0.05) is 6.54 Å². The maximum absolute atomic E-state index is 12.2. The monoisotopic (exact) mass is 231 g/mol. The molecule has 1 aromatic rings. The summed E-state index contributed by atoms with van der Waals surface area (Å²) in [6, 6.07) is 10.2. The summed E-state index contributed by atoms with van der Waals surface area (Å²) < 4.78 is 0. The van der Waals surface area contributed by atoms with Crippen molar-refractivity contribution in [3.8, 4) is 0 Å². The molecule has 1 N–H and O–H groups in total. The summed E-state index contributed by atoms with van der Waals surface area (Å²) in [5.41, 5.74) is 0.973. The number of hydrogen-bond donors (Lipinski definition) is 1. The average molecular weight is 231 g/mol. The van der Waals surface area contributed by atoms with Gasteiger partial charge in [0.2, 0.25) is 5.91 Å². The first kappa shape index (κ1) is 12.2. The van der Waals surface area contributed by atoms with Crippen molar-refractivity contribution < 1.29 is 4.79 Å². The average Bonchev–Trinajstić information content (AvgIpc) is 3.17. The number of carbonyl (C=O) groups is 1. The van der Waals surface area contributed by atoms with E-state index >= 15 is 0 Å². The zero-order valence-corrected chi connectivity index (χ0v) is 10.5. The second-order valence-corrected chi connectivity index (χ2v) is 4.91. The van der Waals surface area contributed by atoms with E-state index in [1.165, 1.54) is 18.4 Å². The van der Waals surface area contributed by atoms with E-state index in [0.29, 0.717) is 0 Å². The molecule has 2 heteroatoms. The lowest BCUT2D eigenvalue weighted by Gasteiger charge is -2.15.